The van der Waals surface area contributed by atoms with E-state index >= 15 is 0 Å². The molecule has 0 aliphatic carbocycles. The zero-order valence-corrected chi connectivity index (χ0v) is 45.1. The Morgan fingerprint density at radius 2 is 0.522 bits per heavy atom. The lowest BCUT2D eigenvalue weighted by Crippen LogP contribution is -2.28. The molecule has 0 fully saturated rings. The van der Waals surface area contributed by atoms with Crippen molar-refractivity contribution >= 4 is 19.8 Å². The molecular formula is C56H111O10P. The van der Waals surface area contributed by atoms with E-state index in [0.29, 0.717) is 12.8 Å². The van der Waals surface area contributed by atoms with Crippen molar-refractivity contribution in [3.63, 3.8) is 0 Å². The van der Waals surface area contributed by atoms with Crippen molar-refractivity contribution in [2.75, 3.05) is 26.4 Å². The number of hydrogen-bond donors (Lipinski definition) is 3. The van der Waals surface area contributed by atoms with Crippen molar-refractivity contribution in [3.8, 4) is 0 Å². The maximum atomic E-state index is 12.4. The van der Waals surface area contributed by atoms with Crippen LogP contribution < -0.4 is 0 Å². The minimum atomic E-state index is -4.64. The van der Waals surface area contributed by atoms with E-state index in [1.54, 1.807) is 0 Å². The number of aliphatic hydroxyl groups excluding tert-OH is 2. The van der Waals surface area contributed by atoms with Gasteiger partial charge in [-0.1, -0.05) is 284 Å². The van der Waals surface area contributed by atoms with Gasteiger partial charge in [0.15, 0.2) is 0 Å². The zero-order chi connectivity index (χ0) is 49.0. The van der Waals surface area contributed by atoms with Gasteiger partial charge in [0.2, 0.25) is 0 Å². The van der Waals surface area contributed by atoms with Crippen molar-refractivity contribution in [3.05, 3.63) is 0 Å². The van der Waals surface area contributed by atoms with Gasteiger partial charge in [0.25, 0.3) is 0 Å². The fourth-order valence-corrected chi connectivity index (χ4v) is 9.67. The van der Waals surface area contributed by atoms with E-state index < -0.39 is 58.4 Å². The molecule has 3 unspecified atom stereocenters. The fraction of sp³-hybridized carbons (Fsp3) is 0.964. The van der Waals surface area contributed by atoms with E-state index in [-0.39, 0.29) is 12.8 Å². The van der Waals surface area contributed by atoms with Crippen LogP contribution in [0, 0.1) is 0 Å². The summed E-state index contributed by atoms with van der Waals surface area (Å²) < 4.78 is 32.8. The molecule has 0 saturated carbocycles. The minimum absolute atomic E-state index is 0.200. The Morgan fingerprint density at radius 3 is 0.701 bits per heavy atom. The smallest absolute Gasteiger partial charge is 0.457 e. The summed E-state index contributed by atoms with van der Waals surface area (Å²) in [7, 11) is -4.64. The maximum absolute atomic E-state index is 12.4. The number of hydrogen-bond acceptors (Lipinski definition) is 9. The third-order valence-electron chi connectivity index (χ3n) is 13.3. The van der Waals surface area contributed by atoms with Gasteiger partial charge in [-0.25, -0.2) is 4.57 Å². The molecule has 0 aromatic carbocycles. The molecule has 0 heterocycles. The molecule has 400 valence electrons. The Hall–Kier alpha value is -1.03. The third kappa shape index (κ3) is 51.1. The molecule has 0 aromatic heterocycles. The Morgan fingerprint density at radius 1 is 0.343 bits per heavy atom. The van der Waals surface area contributed by atoms with E-state index in [1.165, 1.54) is 231 Å². The van der Waals surface area contributed by atoms with Gasteiger partial charge in [-0.3, -0.25) is 18.6 Å². The number of aliphatic hydroxyl groups is 2. The largest absolute Gasteiger partial charge is 0.472 e. The first kappa shape index (κ1) is 66.0. The van der Waals surface area contributed by atoms with Crippen LogP contribution in [0.1, 0.15) is 309 Å². The molecular weight excluding hydrogens is 864 g/mol. The van der Waals surface area contributed by atoms with Gasteiger partial charge in [-0.05, 0) is 12.8 Å². The van der Waals surface area contributed by atoms with Crippen LogP contribution in [0.3, 0.4) is 0 Å². The third-order valence-corrected chi connectivity index (χ3v) is 14.3. The number of phosphoric ester groups is 1. The standard InChI is InChI=1S/C56H111O10P/c1-3-5-7-9-11-13-15-17-19-21-23-25-26-27-28-30-32-34-36-38-40-42-44-46-48-56(60)66-54(50-58)52-64-67(61,62)63-51-53(49-57)65-55(59)47-45-43-41-39-37-35-33-31-29-24-22-20-18-16-14-12-10-8-6-4-2/h53-54,57-58H,3-52H2,1-2H3,(H,61,62). The number of rotatable bonds is 56. The second kappa shape index (κ2) is 52.8. The molecule has 0 bridgehead atoms. The van der Waals surface area contributed by atoms with Gasteiger partial charge < -0.3 is 24.6 Å². The average Bonchev–Trinajstić information content (AvgIpc) is 3.32. The summed E-state index contributed by atoms with van der Waals surface area (Å²) in [6.45, 7) is 2.30. The molecule has 0 aliphatic heterocycles. The molecule has 0 saturated heterocycles. The van der Waals surface area contributed by atoms with Crippen LogP contribution in [-0.2, 0) is 32.7 Å². The normalized spacial score (nSPS) is 13.4. The topological polar surface area (TPSA) is 149 Å². The zero-order valence-electron chi connectivity index (χ0n) is 44.2. The Bertz CT molecular complexity index is 1080. The van der Waals surface area contributed by atoms with Gasteiger partial charge in [-0.15, -0.1) is 0 Å². The molecule has 67 heavy (non-hydrogen) atoms. The molecule has 0 aliphatic rings. The first-order valence-electron chi connectivity index (χ1n) is 29.0. The molecule has 3 atom stereocenters. The molecule has 0 spiro atoms. The van der Waals surface area contributed by atoms with Gasteiger partial charge in [-0.2, -0.15) is 0 Å². The highest BCUT2D eigenvalue weighted by molar-refractivity contribution is 7.47. The average molecular weight is 975 g/mol. The second-order valence-electron chi connectivity index (χ2n) is 20.0. The van der Waals surface area contributed by atoms with Crippen molar-refractivity contribution < 1.29 is 47.8 Å². The Labute approximate surface area is 414 Å². The SMILES string of the molecule is CCCCCCCCCCCCCCCCCCCCCCCCCCC(=O)OC(CO)COP(=O)(O)OCC(CO)OC(=O)CCCCCCCCCCCCCCCCCCCCCC. The van der Waals surface area contributed by atoms with Gasteiger partial charge in [0.1, 0.15) is 12.2 Å². The van der Waals surface area contributed by atoms with Gasteiger partial charge >= 0.3 is 19.8 Å². The van der Waals surface area contributed by atoms with E-state index in [9.17, 15) is 29.3 Å². The van der Waals surface area contributed by atoms with Gasteiger partial charge in [0.05, 0.1) is 26.4 Å². The first-order chi connectivity index (χ1) is 32.8. The Balaban J connectivity index is 3.72. The molecule has 0 rings (SSSR count). The molecule has 0 amide bonds. The van der Waals surface area contributed by atoms with Crippen molar-refractivity contribution in [2.24, 2.45) is 0 Å². The number of carbonyl (C=O) groups excluding carboxylic acids is 2. The maximum Gasteiger partial charge on any atom is 0.472 e. The van der Waals surface area contributed by atoms with Crippen LogP contribution in [-0.4, -0.2) is 65.7 Å². The molecule has 3 N–H and O–H groups in total. The van der Waals surface area contributed by atoms with Crippen LogP contribution >= 0.6 is 7.82 Å². The van der Waals surface area contributed by atoms with Gasteiger partial charge in [0, 0.05) is 12.8 Å². The monoisotopic (exact) mass is 975 g/mol. The van der Waals surface area contributed by atoms with Crippen LogP contribution in [0.4, 0.5) is 0 Å². The van der Waals surface area contributed by atoms with Crippen molar-refractivity contribution in [1.82, 2.24) is 0 Å². The number of carbonyl (C=O) groups is 2. The van der Waals surface area contributed by atoms with E-state index in [0.717, 1.165) is 38.5 Å². The lowest BCUT2D eigenvalue weighted by atomic mass is 10.0. The predicted octanol–water partition coefficient (Wildman–Crippen LogP) is 16.9. The number of phosphoric acid groups is 1. The summed E-state index contributed by atoms with van der Waals surface area (Å²) >= 11 is 0. The number of ether oxygens (including phenoxy) is 2. The van der Waals surface area contributed by atoms with E-state index in [1.807, 2.05) is 0 Å². The lowest BCUT2D eigenvalue weighted by molar-refractivity contribution is -0.153. The first-order valence-corrected chi connectivity index (χ1v) is 30.5. The van der Waals surface area contributed by atoms with Crippen LogP contribution in [0.25, 0.3) is 0 Å². The summed E-state index contributed by atoms with van der Waals surface area (Å²) in [6, 6.07) is 0. The van der Waals surface area contributed by atoms with Crippen molar-refractivity contribution in [1.29, 1.82) is 0 Å². The highest BCUT2D eigenvalue weighted by Gasteiger charge is 2.27. The number of unbranched alkanes of at least 4 members (excludes halogenated alkanes) is 42. The van der Waals surface area contributed by atoms with E-state index in [4.69, 9.17) is 18.5 Å². The summed E-state index contributed by atoms with van der Waals surface area (Å²) in [5.41, 5.74) is 0. The fourth-order valence-electron chi connectivity index (χ4n) is 8.89. The molecule has 0 radical (unpaired) electrons. The summed E-state index contributed by atoms with van der Waals surface area (Å²) in [5.74, 6) is -0.996. The van der Waals surface area contributed by atoms with E-state index in [2.05, 4.69) is 13.8 Å². The van der Waals surface area contributed by atoms with Crippen molar-refractivity contribution in [2.45, 2.75) is 321 Å². The lowest BCUT2D eigenvalue weighted by Gasteiger charge is -2.20. The highest BCUT2D eigenvalue weighted by Crippen LogP contribution is 2.43. The summed E-state index contributed by atoms with van der Waals surface area (Å²) in [5, 5.41) is 19.3. The second-order valence-corrected chi connectivity index (χ2v) is 21.5. The summed E-state index contributed by atoms with van der Waals surface area (Å²) in [4.78, 5) is 34.8. The molecule has 10 nitrogen and oxygen atoms in total. The summed E-state index contributed by atoms with van der Waals surface area (Å²) in [6.07, 6.45) is 55.2. The Kier molecular flexibility index (Phi) is 52.0. The van der Waals surface area contributed by atoms with Crippen LogP contribution in [0.5, 0.6) is 0 Å². The predicted molar refractivity (Wildman–Crippen MR) is 279 cm³/mol. The molecule has 0 aromatic rings. The van der Waals surface area contributed by atoms with Crippen LogP contribution in [0.15, 0.2) is 0 Å². The highest BCUT2D eigenvalue weighted by atomic mass is 31.2. The molecule has 11 heteroatoms. The van der Waals surface area contributed by atoms with Crippen LogP contribution in [0.2, 0.25) is 0 Å². The quantitative estimate of drug-likeness (QED) is 0.0305. The minimum Gasteiger partial charge on any atom is -0.457 e. The number of esters is 2.